The minimum atomic E-state index is -4.50. The number of halogens is 4. The molecule has 10 nitrogen and oxygen atoms in total. The quantitative estimate of drug-likeness (QED) is 0.114. The first-order valence-electron chi connectivity index (χ1n) is 12.7. The summed E-state index contributed by atoms with van der Waals surface area (Å²) in [5.74, 6) is -1.10. The van der Waals surface area contributed by atoms with Crippen molar-refractivity contribution < 1.29 is 46.5 Å². The van der Waals surface area contributed by atoms with E-state index >= 15 is 0 Å². The van der Waals surface area contributed by atoms with E-state index in [1.807, 2.05) is 0 Å². The molecule has 4 aromatic rings. The molecule has 4 rings (SSSR count). The first-order chi connectivity index (χ1) is 20.4. The Kier molecular flexibility index (Phi) is 9.50. The second kappa shape index (κ2) is 13.2. The Morgan fingerprint density at radius 3 is 2.30 bits per heavy atom. The van der Waals surface area contributed by atoms with E-state index in [2.05, 4.69) is 15.6 Å². The lowest BCUT2D eigenvalue weighted by molar-refractivity contribution is -0.139. The molecule has 2 amide bonds. The van der Waals surface area contributed by atoms with Gasteiger partial charge in [-0.2, -0.15) is 13.2 Å². The van der Waals surface area contributed by atoms with Gasteiger partial charge in [0.25, 0.3) is 0 Å². The molecule has 0 saturated carbocycles. The van der Waals surface area contributed by atoms with Crippen molar-refractivity contribution in [3.05, 3.63) is 78.2 Å². The Morgan fingerprint density at radius 2 is 1.65 bits per heavy atom. The summed E-state index contributed by atoms with van der Waals surface area (Å²) in [5, 5.41) is 14.2. The molecule has 0 spiro atoms. The molecule has 226 valence electrons. The molecule has 1 aromatic heterocycles. The van der Waals surface area contributed by atoms with E-state index < -0.39 is 35.6 Å². The number of hydrogen-bond acceptors (Lipinski definition) is 7. The second-order valence-electron chi connectivity index (χ2n) is 9.17. The fourth-order valence-electron chi connectivity index (χ4n) is 3.91. The molecule has 0 fully saturated rings. The Labute approximate surface area is 242 Å². The van der Waals surface area contributed by atoms with Crippen molar-refractivity contribution in [3.8, 4) is 23.0 Å². The third-order valence-electron chi connectivity index (χ3n) is 6.10. The molecule has 0 bridgehead atoms. The zero-order valence-corrected chi connectivity index (χ0v) is 22.6. The summed E-state index contributed by atoms with van der Waals surface area (Å²) in [7, 11) is 1.43. The van der Waals surface area contributed by atoms with E-state index in [4.69, 9.17) is 25.1 Å². The maximum atomic E-state index is 14.9. The molecule has 1 heterocycles. The van der Waals surface area contributed by atoms with Crippen molar-refractivity contribution in [2.45, 2.75) is 25.1 Å². The van der Waals surface area contributed by atoms with Crippen molar-refractivity contribution >= 4 is 34.3 Å². The van der Waals surface area contributed by atoms with Gasteiger partial charge in [-0.05, 0) is 61.4 Å². The molecule has 3 aromatic carbocycles. The average Bonchev–Trinajstić information content (AvgIpc) is 2.96. The van der Waals surface area contributed by atoms with Gasteiger partial charge in [-0.3, -0.25) is 9.78 Å². The van der Waals surface area contributed by atoms with Crippen LogP contribution >= 0.6 is 0 Å². The standard InChI is InChI=1S/C29H26F4N4O6/c1-41-25-14-19-22(15-26(25)42-12-2-3-21(34)27(38)39)35-11-10-23(19)43-24-9-8-18(13-20(24)30)37-28(40)36-17-6-4-16(5-7-17)29(31,32)33/h4-11,13-15,21H,2-3,12,34H2,1H3,(H,38,39)(H2,36,37,40). The van der Waals surface area contributed by atoms with Crippen LogP contribution in [-0.2, 0) is 11.0 Å². The highest BCUT2D eigenvalue weighted by atomic mass is 19.4. The number of methoxy groups -OCH3 is 1. The predicted octanol–water partition coefficient (Wildman–Crippen LogP) is 6.41. The topological polar surface area (TPSA) is 145 Å². The number of carboxylic acid groups (broad SMARTS) is 1. The van der Waals surface area contributed by atoms with Crippen LogP contribution in [0.3, 0.4) is 0 Å². The minimum Gasteiger partial charge on any atom is -0.493 e. The second-order valence-corrected chi connectivity index (χ2v) is 9.17. The van der Waals surface area contributed by atoms with Crippen LogP contribution in [-0.4, -0.2) is 41.8 Å². The summed E-state index contributed by atoms with van der Waals surface area (Å²) in [5.41, 5.74) is 5.29. The van der Waals surface area contributed by atoms with E-state index in [-0.39, 0.29) is 35.9 Å². The van der Waals surface area contributed by atoms with Crippen molar-refractivity contribution in [1.82, 2.24) is 4.98 Å². The molecule has 0 aliphatic rings. The highest BCUT2D eigenvalue weighted by Gasteiger charge is 2.30. The number of ether oxygens (including phenoxy) is 3. The number of fused-ring (bicyclic) bond motifs is 1. The van der Waals surface area contributed by atoms with E-state index in [9.17, 15) is 27.2 Å². The Hall–Kier alpha value is -5.11. The monoisotopic (exact) mass is 602 g/mol. The lowest BCUT2D eigenvalue weighted by Crippen LogP contribution is -2.30. The van der Waals surface area contributed by atoms with Crippen LogP contribution in [0.2, 0.25) is 0 Å². The lowest BCUT2D eigenvalue weighted by atomic mass is 10.1. The average molecular weight is 603 g/mol. The molecular formula is C29H26F4N4O6. The fraction of sp³-hybridized carbons (Fsp3) is 0.207. The molecule has 5 N–H and O–H groups in total. The molecule has 1 atom stereocenters. The zero-order chi connectivity index (χ0) is 31.1. The number of anilines is 2. The molecule has 0 aliphatic heterocycles. The summed E-state index contributed by atoms with van der Waals surface area (Å²) >= 11 is 0. The van der Waals surface area contributed by atoms with Crippen LogP contribution in [0.5, 0.6) is 23.0 Å². The first kappa shape index (κ1) is 30.8. The van der Waals surface area contributed by atoms with Gasteiger partial charge in [0, 0.05) is 35.1 Å². The van der Waals surface area contributed by atoms with E-state index in [1.165, 1.54) is 31.5 Å². The third kappa shape index (κ3) is 8.01. The van der Waals surface area contributed by atoms with Crippen LogP contribution in [0.4, 0.5) is 33.7 Å². The SMILES string of the molecule is COc1cc2c(Oc3ccc(NC(=O)Nc4ccc(C(F)(F)F)cc4)cc3F)ccnc2cc1OCCCC(N)C(=O)O. The zero-order valence-electron chi connectivity index (χ0n) is 22.6. The number of amides is 2. The largest absolute Gasteiger partial charge is 0.493 e. The number of nitrogens with zero attached hydrogens (tertiary/aromatic N) is 1. The number of carboxylic acids is 1. The highest BCUT2D eigenvalue weighted by molar-refractivity contribution is 5.99. The molecule has 0 radical (unpaired) electrons. The van der Waals surface area contributed by atoms with Gasteiger partial charge in [-0.15, -0.1) is 0 Å². The smallest absolute Gasteiger partial charge is 0.416 e. The van der Waals surface area contributed by atoms with Gasteiger partial charge >= 0.3 is 18.2 Å². The van der Waals surface area contributed by atoms with Crippen LogP contribution < -0.4 is 30.6 Å². The summed E-state index contributed by atoms with van der Waals surface area (Å²) in [4.78, 5) is 27.4. The summed E-state index contributed by atoms with van der Waals surface area (Å²) < 4.78 is 70.1. The summed E-state index contributed by atoms with van der Waals surface area (Å²) in [6.07, 6.45) is -2.42. The predicted molar refractivity (Wildman–Crippen MR) is 149 cm³/mol. The van der Waals surface area contributed by atoms with Crippen molar-refractivity contribution in [2.75, 3.05) is 24.4 Å². The van der Waals surface area contributed by atoms with Gasteiger partial charge in [-0.1, -0.05) is 0 Å². The molecule has 14 heteroatoms. The van der Waals surface area contributed by atoms with E-state index in [0.29, 0.717) is 28.8 Å². The number of aliphatic carboxylic acids is 1. The summed E-state index contributed by atoms with van der Waals surface area (Å²) in [6, 6.07) is 10.5. The molecule has 0 saturated heterocycles. The van der Waals surface area contributed by atoms with E-state index in [0.717, 1.165) is 30.3 Å². The van der Waals surface area contributed by atoms with Crippen molar-refractivity contribution in [2.24, 2.45) is 5.73 Å². The van der Waals surface area contributed by atoms with Crippen molar-refractivity contribution in [1.29, 1.82) is 0 Å². The van der Waals surface area contributed by atoms with Crippen LogP contribution in [0, 0.1) is 5.82 Å². The fourth-order valence-corrected chi connectivity index (χ4v) is 3.91. The number of alkyl halides is 3. The van der Waals surface area contributed by atoms with Crippen LogP contribution in [0.25, 0.3) is 10.9 Å². The Bertz CT molecular complexity index is 1620. The summed E-state index contributed by atoms with van der Waals surface area (Å²) in [6.45, 7) is 0.187. The third-order valence-corrected chi connectivity index (χ3v) is 6.10. The molecular weight excluding hydrogens is 576 g/mol. The van der Waals surface area contributed by atoms with E-state index in [1.54, 1.807) is 12.1 Å². The Balaban J connectivity index is 1.43. The number of carbonyl (C=O) groups excluding carboxylic acids is 1. The number of aromatic nitrogens is 1. The van der Waals surface area contributed by atoms with Gasteiger partial charge in [0.15, 0.2) is 23.1 Å². The van der Waals surface area contributed by atoms with Gasteiger partial charge in [0.2, 0.25) is 0 Å². The van der Waals surface area contributed by atoms with Crippen molar-refractivity contribution in [3.63, 3.8) is 0 Å². The number of benzene rings is 3. The first-order valence-corrected chi connectivity index (χ1v) is 12.7. The molecule has 43 heavy (non-hydrogen) atoms. The number of urea groups is 1. The maximum Gasteiger partial charge on any atom is 0.416 e. The Morgan fingerprint density at radius 1 is 0.953 bits per heavy atom. The number of hydrogen-bond donors (Lipinski definition) is 4. The molecule has 1 unspecified atom stereocenters. The maximum absolute atomic E-state index is 14.9. The van der Waals surface area contributed by atoms with Gasteiger partial charge in [0.1, 0.15) is 11.8 Å². The number of carbonyl (C=O) groups is 2. The van der Waals surface area contributed by atoms with Crippen LogP contribution in [0.15, 0.2) is 66.9 Å². The van der Waals surface area contributed by atoms with Gasteiger partial charge < -0.3 is 35.7 Å². The number of pyridine rings is 1. The normalized spacial score (nSPS) is 12.0. The van der Waals surface area contributed by atoms with Gasteiger partial charge in [0.05, 0.1) is 24.8 Å². The van der Waals surface area contributed by atoms with Crippen LogP contribution in [0.1, 0.15) is 18.4 Å². The highest BCUT2D eigenvalue weighted by Crippen LogP contribution is 2.38. The van der Waals surface area contributed by atoms with Gasteiger partial charge in [-0.25, -0.2) is 9.18 Å². The number of nitrogens with two attached hydrogens (primary N) is 1. The number of nitrogens with one attached hydrogen (secondary N) is 2. The molecule has 0 aliphatic carbocycles. The minimum absolute atomic E-state index is 0.0709. The number of rotatable bonds is 11. The lowest BCUT2D eigenvalue weighted by Gasteiger charge is -2.15.